The number of rotatable bonds is 4. The summed E-state index contributed by atoms with van der Waals surface area (Å²) in [6, 6.07) is 6.98. The standard InChI is InChI=1S/C19H18F4N2O3S/c20-16-9-8-13(29(27,28)25-10-4-1-5-11-25)12-14(16)18(26)24-17-7-3-2-6-15(17)19(21,22)23/h2-3,6-9,12H,1,4-5,10-11H2,(H,24,26). The predicted molar refractivity (Wildman–Crippen MR) is 98.4 cm³/mol. The summed E-state index contributed by atoms with van der Waals surface area (Å²) in [5.41, 5.74) is -2.29. The van der Waals surface area contributed by atoms with Gasteiger partial charge in [0.1, 0.15) is 5.82 Å². The molecule has 29 heavy (non-hydrogen) atoms. The largest absolute Gasteiger partial charge is 0.418 e. The Morgan fingerprint density at radius 2 is 1.66 bits per heavy atom. The van der Waals surface area contributed by atoms with Gasteiger partial charge in [-0.3, -0.25) is 4.79 Å². The highest BCUT2D eigenvalue weighted by molar-refractivity contribution is 7.89. The van der Waals surface area contributed by atoms with Gasteiger partial charge in [0.25, 0.3) is 5.91 Å². The number of hydrogen-bond donors (Lipinski definition) is 1. The smallest absolute Gasteiger partial charge is 0.321 e. The zero-order valence-corrected chi connectivity index (χ0v) is 16.0. The van der Waals surface area contributed by atoms with Gasteiger partial charge in [-0.15, -0.1) is 0 Å². The zero-order chi connectivity index (χ0) is 21.2. The van der Waals surface area contributed by atoms with Crippen LogP contribution < -0.4 is 5.32 Å². The van der Waals surface area contributed by atoms with Gasteiger partial charge in [0, 0.05) is 13.1 Å². The molecule has 10 heteroatoms. The van der Waals surface area contributed by atoms with Crippen LogP contribution in [0.4, 0.5) is 23.2 Å². The maximum absolute atomic E-state index is 14.2. The Hall–Kier alpha value is -2.46. The molecule has 1 fully saturated rings. The number of para-hydroxylation sites is 1. The zero-order valence-electron chi connectivity index (χ0n) is 15.2. The fourth-order valence-electron chi connectivity index (χ4n) is 3.12. The highest BCUT2D eigenvalue weighted by atomic mass is 32.2. The first-order valence-corrected chi connectivity index (χ1v) is 10.3. The van der Waals surface area contributed by atoms with Crippen LogP contribution in [-0.2, 0) is 16.2 Å². The van der Waals surface area contributed by atoms with Crippen molar-refractivity contribution in [3.05, 3.63) is 59.4 Å². The van der Waals surface area contributed by atoms with E-state index in [9.17, 15) is 30.8 Å². The van der Waals surface area contributed by atoms with Crippen LogP contribution in [0.3, 0.4) is 0 Å². The topological polar surface area (TPSA) is 66.5 Å². The number of piperidine rings is 1. The highest BCUT2D eigenvalue weighted by Gasteiger charge is 2.34. The van der Waals surface area contributed by atoms with E-state index in [0.717, 1.165) is 42.8 Å². The number of carbonyl (C=O) groups is 1. The number of halogens is 4. The molecule has 0 spiro atoms. The molecule has 156 valence electrons. The van der Waals surface area contributed by atoms with Gasteiger partial charge in [0.2, 0.25) is 10.0 Å². The molecule has 2 aromatic carbocycles. The van der Waals surface area contributed by atoms with E-state index in [1.54, 1.807) is 0 Å². The minimum atomic E-state index is -4.72. The Labute approximate surface area is 165 Å². The van der Waals surface area contributed by atoms with Crippen molar-refractivity contribution in [2.75, 3.05) is 18.4 Å². The molecule has 1 heterocycles. The molecule has 0 unspecified atom stereocenters. The average Bonchev–Trinajstić information content (AvgIpc) is 2.68. The number of nitrogens with zero attached hydrogens (tertiary/aromatic N) is 1. The summed E-state index contributed by atoms with van der Waals surface area (Å²) < 4.78 is 80.2. The molecular weight excluding hydrogens is 412 g/mol. The maximum Gasteiger partial charge on any atom is 0.418 e. The maximum atomic E-state index is 14.2. The Morgan fingerprint density at radius 1 is 1.00 bits per heavy atom. The van der Waals surface area contributed by atoms with Gasteiger partial charge in [-0.1, -0.05) is 18.6 Å². The first-order valence-electron chi connectivity index (χ1n) is 8.88. The lowest BCUT2D eigenvalue weighted by Gasteiger charge is -2.26. The minimum Gasteiger partial charge on any atom is -0.321 e. The van der Waals surface area contributed by atoms with Crippen LogP contribution in [0.2, 0.25) is 0 Å². The van der Waals surface area contributed by atoms with E-state index < -0.39 is 44.7 Å². The molecule has 0 radical (unpaired) electrons. The van der Waals surface area contributed by atoms with E-state index in [4.69, 9.17) is 0 Å². The van der Waals surface area contributed by atoms with Crippen molar-refractivity contribution in [3.63, 3.8) is 0 Å². The van der Waals surface area contributed by atoms with Gasteiger partial charge in [-0.25, -0.2) is 12.8 Å². The summed E-state index contributed by atoms with van der Waals surface area (Å²) in [7, 11) is -3.93. The SMILES string of the molecule is O=C(Nc1ccccc1C(F)(F)F)c1cc(S(=O)(=O)N2CCCCC2)ccc1F. The van der Waals surface area contributed by atoms with Crippen LogP contribution in [0.25, 0.3) is 0 Å². The second kappa shape index (κ2) is 8.11. The van der Waals surface area contributed by atoms with E-state index in [-0.39, 0.29) is 4.90 Å². The van der Waals surface area contributed by atoms with Crippen molar-refractivity contribution >= 4 is 21.6 Å². The van der Waals surface area contributed by atoms with Gasteiger partial charge in [-0.2, -0.15) is 17.5 Å². The van der Waals surface area contributed by atoms with Gasteiger partial charge in [-0.05, 0) is 43.2 Å². The van der Waals surface area contributed by atoms with Gasteiger partial charge in [0.15, 0.2) is 0 Å². The van der Waals surface area contributed by atoms with Crippen LogP contribution in [-0.4, -0.2) is 31.7 Å². The molecule has 1 aliphatic rings. The fourth-order valence-corrected chi connectivity index (χ4v) is 4.67. The second-order valence-electron chi connectivity index (χ2n) is 6.60. The van der Waals surface area contributed by atoms with Crippen LogP contribution in [0.5, 0.6) is 0 Å². The van der Waals surface area contributed by atoms with E-state index in [2.05, 4.69) is 0 Å². The predicted octanol–water partition coefficient (Wildman–Crippen LogP) is 4.27. The normalized spacial score (nSPS) is 15.9. The lowest BCUT2D eigenvalue weighted by Crippen LogP contribution is -2.35. The third-order valence-corrected chi connectivity index (χ3v) is 6.51. The number of amides is 1. The van der Waals surface area contributed by atoms with Crippen LogP contribution in [0.15, 0.2) is 47.4 Å². The van der Waals surface area contributed by atoms with Crippen molar-refractivity contribution in [2.24, 2.45) is 0 Å². The Morgan fingerprint density at radius 3 is 2.31 bits per heavy atom. The molecule has 1 aliphatic heterocycles. The monoisotopic (exact) mass is 430 g/mol. The van der Waals surface area contributed by atoms with Crippen molar-refractivity contribution in [3.8, 4) is 0 Å². The molecule has 0 atom stereocenters. The first kappa shape index (κ1) is 21.3. The fraction of sp³-hybridized carbons (Fsp3) is 0.316. The number of hydrogen-bond acceptors (Lipinski definition) is 3. The van der Waals surface area contributed by atoms with Crippen molar-refractivity contribution in [1.82, 2.24) is 4.31 Å². The molecular formula is C19H18F4N2O3S. The molecule has 1 N–H and O–H groups in total. The highest BCUT2D eigenvalue weighted by Crippen LogP contribution is 2.35. The Balaban J connectivity index is 1.92. The minimum absolute atomic E-state index is 0.282. The van der Waals surface area contributed by atoms with Gasteiger partial charge in [0.05, 0.1) is 21.7 Å². The number of carbonyl (C=O) groups excluding carboxylic acids is 1. The van der Waals surface area contributed by atoms with Crippen LogP contribution in [0.1, 0.15) is 35.2 Å². The number of benzene rings is 2. The van der Waals surface area contributed by atoms with Crippen LogP contribution in [0, 0.1) is 5.82 Å². The molecule has 0 saturated carbocycles. The Kier molecular flexibility index (Phi) is 5.95. The molecule has 5 nitrogen and oxygen atoms in total. The third-order valence-electron chi connectivity index (χ3n) is 4.62. The number of alkyl halides is 3. The summed E-state index contributed by atoms with van der Waals surface area (Å²) >= 11 is 0. The summed E-state index contributed by atoms with van der Waals surface area (Å²) in [6.45, 7) is 0.639. The molecule has 0 aliphatic carbocycles. The van der Waals surface area contributed by atoms with E-state index in [0.29, 0.717) is 25.9 Å². The summed E-state index contributed by atoms with van der Waals surface area (Å²) in [6.07, 6.45) is -2.42. The van der Waals surface area contributed by atoms with Crippen molar-refractivity contribution in [2.45, 2.75) is 30.3 Å². The van der Waals surface area contributed by atoms with E-state index in [1.165, 1.54) is 10.4 Å². The van der Waals surface area contributed by atoms with Gasteiger partial charge >= 0.3 is 6.18 Å². The molecule has 2 aromatic rings. The molecule has 1 amide bonds. The molecule has 0 bridgehead atoms. The molecule has 0 aromatic heterocycles. The lowest BCUT2D eigenvalue weighted by molar-refractivity contribution is -0.136. The van der Waals surface area contributed by atoms with Crippen molar-refractivity contribution < 1.29 is 30.8 Å². The third kappa shape index (κ3) is 4.59. The Bertz CT molecular complexity index is 1020. The van der Waals surface area contributed by atoms with E-state index in [1.807, 2.05) is 5.32 Å². The number of anilines is 1. The molecule has 3 rings (SSSR count). The van der Waals surface area contributed by atoms with Crippen molar-refractivity contribution in [1.29, 1.82) is 0 Å². The molecule has 1 saturated heterocycles. The first-order chi connectivity index (χ1) is 13.6. The van der Waals surface area contributed by atoms with Gasteiger partial charge < -0.3 is 5.32 Å². The second-order valence-corrected chi connectivity index (χ2v) is 8.54. The summed E-state index contributed by atoms with van der Waals surface area (Å²) in [5, 5.41) is 2.03. The van der Waals surface area contributed by atoms with Crippen LogP contribution >= 0.6 is 0 Å². The quantitative estimate of drug-likeness (QED) is 0.737. The summed E-state index contributed by atoms with van der Waals surface area (Å²) in [5.74, 6) is -2.21. The number of sulfonamides is 1. The average molecular weight is 430 g/mol. The lowest BCUT2D eigenvalue weighted by atomic mass is 10.1. The summed E-state index contributed by atoms with van der Waals surface area (Å²) in [4.78, 5) is 12.2. The van der Waals surface area contributed by atoms with E-state index >= 15 is 0 Å². The number of nitrogens with one attached hydrogen (secondary N) is 1.